The van der Waals surface area contributed by atoms with Gasteiger partial charge in [0.05, 0.1) is 5.69 Å². The van der Waals surface area contributed by atoms with Gasteiger partial charge in [-0.05, 0) is 38.9 Å². The molecule has 0 aliphatic carbocycles. The first-order valence-corrected chi connectivity index (χ1v) is 6.55. The van der Waals surface area contributed by atoms with Gasteiger partial charge in [0.25, 0.3) is 0 Å². The number of hydrogen-bond donors (Lipinski definition) is 1. The van der Waals surface area contributed by atoms with E-state index in [0.717, 1.165) is 24.6 Å². The van der Waals surface area contributed by atoms with E-state index in [1.807, 2.05) is 7.05 Å². The zero-order chi connectivity index (χ0) is 12.1. The molecule has 1 saturated heterocycles. The van der Waals surface area contributed by atoms with Gasteiger partial charge < -0.3 is 10.2 Å². The van der Waals surface area contributed by atoms with Gasteiger partial charge in [-0.3, -0.25) is 0 Å². The molecule has 1 unspecified atom stereocenters. The average molecular weight is 234 g/mol. The van der Waals surface area contributed by atoms with E-state index in [1.54, 1.807) is 0 Å². The van der Waals surface area contributed by atoms with Crippen molar-refractivity contribution in [1.29, 1.82) is 0 Å². The SMILES string of the molecule is CNCc1ccc(N2CCCCCC2C)nn1. The highest BCUT2D eigenvalue weighted by Crippen LogP contribution is 2.21. The van der Waals surface area contributed by atoms with Gasteiger partial charge in [-0.2, -0.15) is 5.10 Å². The van der Waals surface area contributed by atoms with Crippen LogP contribution in [0.4, 0.5) is 5.82 Å². The quantitative estimate of drug-likeness (QED) is 0.868. The third-order valence-electron chi connectivity index (χ3n) is 3.41. The number of aromatic nitrogens is 2. The molecule has 1 aliphatic rings. The molecule has 4 nitrogen and oxygen atoms in total. The van der Waals surface area contributed by atoms with Crippen molar-refractivity contribution in [3.05, 3.63) is 17.8 Å². The van der Waals surface area contributed by atoms with Crippen LogP contribution < -0.4 is 10.2 Å². The normalized spacial score (nSPS) is 21.3. The summed E-state index contributed by atoms with van der Waals surface area (Å²) in [5.41, 5.74) is 0.999. The van der Waals surface area contributed by atoms with Crippen molar-refractivity contribution in [2.24, 2.45) is 0 Å². The summed E-state index contributed by atoms with van der Waals surface area (Å²) in [4.78, 5) is 2.39. The first kappa shape index (κ1) is 12.3. The van der Waals surface area contributed by atoms with Gasteiger partial charge in [0.15, 0.2) is 5.82 Å². The first-order chi connectivity index (χ1) is 8.31. The Morgan fingerprint density at radius 3 is 2.88 bits per heavy atom. The van der Waals surface area contributed by atoms with Crippen LogP contribution in [0.25, 0.3) is 0 Å². The molecule has 2 heterocycles. The summed E-state index contributed by atoms with van der Waals surface area (Å²) in [6, 6.07) is 4.75. The van der Waals surface area contributed by atoms with Gasteiger partial charge in [0.1, 0.15) is 0 Å². The van der Waals surface area contributed by atoms with Crippen molar-refractivity contribution in [2.75, 3.05) is 18.5 Å². The lowest BCUT2D eigenvalue weighted by molar-refractivity contribution is 0.607. The van der Waals surface area contributed by atoms with Crippen LogP contribution in [0, 0.1) is 0 Å². The van der Waals surface area contributed by atoms with E-state index >= 15 is 0 Å². The average Bonchev–Trinajstić information content (AvgIpc) is 2.56. The van der Waals surface area contributed by atoms with Crippen LogP contribution in [0.3, 0.4) is 0 Å². The molecular weight excluding hydrogens is 212 g/mol. The molecule has 94 valence electrons. The fourth-order valence-electron chi connectivity index (χ4n) is 2.40. The van der Waals surface area contributed by atoms with Crippen LogP contribution in [0.2, 0.25) is 0 Å². The van der Waals surface area contributed by atoms with Crippen LogP contribution >= 0.6 is 0 Å². The van der Waals surface area contributed by atoms with E-state index in [-0.39, 0.29) is 0 Å². The zero-order valence-corrected chi connectivity index (χ0v) is 10.8. The highest BCUT2D eigenvalue weighted by Gasteiger charge is 2.18. The molecule has 0 bridgehead atoms. The van der Waals surface area contributed by atoms with Crippen LogP contribution in [0.15, 0.2) is 12.1 Å². The zero-order valence-electron chi connectivity index (χ0n) is 10.8. The third-order valence-corrected chi connectivity index (χ3v) is 3.41. The minimum absolute atomic E-state index is 0.585. The lowest BCUT2D eigenvalue weighted by atomic mass is 10.1. The predicted octanol–water partition coefficient (Wildman–Crippen LogP) is 1.96. The Morgan fingerprint density at radius 2 is 2.18 bits per heavy atom. The molecule has 1 N–H and O–H groups in total. The van der Waals surface area contributed by atoms with E-state index < -0.39 is 0 Å². The monoisotopic (exact) mass is 234 g/mol. The van der Waals surface area contributed by atoms with Crippen LogP contribution in [-0.2, 0) is 6.54 Å². The van der Waals surface area contributed by atoms with Gasteiger partial charge >= 0.3 is 0 Å². The smallest absolute Gasteiger partial charge is 0.151 e. The molecule has 1 atom stereocenters. The minimum atomic E-state index is 0.585. The number of hydrogen-bond acceptors (Lipinski definition) is 4. The van der Waals surface area contributed by atoms with Crippen molar-refractivity contribution < 1.29 is 0 Å². The molecule has 2 rings (SSSR count). The number of nitrogens with zero attached hydrogens (tertiary/aromatic N) is 3. The summed E-state index contributed by atoms with van der Waals surface area (Å²) in [6.45, 7) is 4.18. The molecule has 0 spiro atoms. The highest BCUT2D eigenvalue weighted by molar-refractivity contribution is 5.38. The van der Waals surface area contributed by atoms with Gasteiger partial charge in [-0.25, -0.2) is 0 Å². The topological polar surface area (TPSA) is 41.0 Å². The predicted molar refractivity (Wildman–Crippen MR) is 70.1 cm³/mol. The second-order valence-electron chi connectivity index (χ2n) is 4.80. The van der Waals surface area contributed by atoms with Crippen molar-refractivity contribution in [1.82, 2.24) is 15.5 Å². The maximum atomic E-state index is 4.35. The maximum absolute atomic E-state index is 4.35. The van der Waals surface area contributed by atoms with Crippen LogP contribution in [-0.4, -0.2) is 29.8 Å². The summed E-state index contributed by atoms with van der Waals surface area (Å²) < 4.78 is 0. The molecule has 1 aromatic rings. The van der Waals surface area contributed by atoms with Gasteiger partial charge in [-0.15, -0.1) is 5.10 Å². The summed E-state index contributed by atoms with van der Waals surface area (Å²) in [5.74, 6) is 1.03. The standard InChI is InChI=1S/C13H22N4/c1-11-6-4-3-5-9-17(11)13-8-7-12(10-14-2)15-16-13/h7-8,11,14H,3-6,9-10H2,1-2H3. The Labute approximate surface area is 103 Å². The molecule has 17 heavy (non-hydrogen) atoms. The molecule has 1 aromatic heterocycles. The lowest BCUT2D eigenvalue weighted by Crippen LogP contribution is -2.33. The van der Waals surface area contributed by atoms with Crippen molar-refractivity contribution >= 4 is 5.82 Å². The molecule has 0 saturated carbocycles. The Hall–Kier alpha value is -1.16. The Kier molecular flexibility index (Phi) is 4.31. The molecule has 0 aromatic carbocycles. The largest absolute Gasteiger partial charge is 0.352 e. The van der Waals surface area contributed by atoms with E-state index in [9.17, 15) is 0 Å². The van der Waals surface area contributed by atoms with E-state index in [2.05, 4.69) is 39.5 Å². The highest BCUT2D eigenvalue weighted by atomic mass is 15.3. The second kappa shape index (κ2) is 5.96. The molecule has 0 radical (unpaired) electrons. The summed E-state index contributed by atoms with van der Waals surface area (Å²) in [7, 11) is 1.92. The number of nitrogens with one attached hydrogen (secondary N) is 1. The summed E-state index contributed by atoms with van der Waals surface area (Å²) in [6.07, 6.45) is 5.21. The van der Waals surface area contributed by atoms with Gasteiger partial charge in [0.2, 0.25) is 0 Å². The van der Waals surface area contributed by atoms with Crippen LogP contribution in [0.5, 0.6) is 0 Å². The van der Waals surface area contributed by atoms with E-state index in [0.29, 0.717) is 6.04 Å². The maximum Gasteiger partial charge on any atom is 0.151 e. The van der Waals surface area contributed by atoms with Gasteiger partial charge in [0, 0.05) is 19.1 Å². The van der Waals surface area contributed by atoms with Crippen molar-refractivity contribution in [2.45, 2.75) is 45.2 Å². The van der Waals surface area contributed by atoms with E-state index in [1.165, 1.54) is 25.7 Å². The third kappa shape index (κ3) is 3.16. The van der Waals surface area contributed by atoms with Gasteiger partial charge in [-0.1, -0.05) is 12.8 Å². The summed E-state index contributed by atoms with van der Waals surface area (Å²) >= 11 is 0. The fraction of sp³-hybridized carbons (Fsp3) is 0.692. The molecule has 1 fully saturated rings. The number of rotatable bonds is 3. The second-order valence-corrected chi connectivity index (χ2v) is 4.80. The molecule has 1 aliphatic heterocycles. The molecule has 4 heteroatoms. The lowest BCUT2D eigenvalue weighted by Gasteiger charge is -2.27. The minimum Gasteiger partial charge on any atom is -0.352 e. The number of anilines is 1. The van der Waals surface area contributed by atoms with Crippen molar-refractivity contribution in [3.63, 3.8) is 0 Å². The Morgan fingerprint density at radius 1 is 1.29 bits per heavy atom. The molecular formula is C13H22N4. The molecule has 0 amide bonds. The summed E-state index contributed by atoms with van der Waals surface area (Å²) in [5, 5.41) is 11.7. The fourth-order valence-corrected chi connectivity index (χ4v) is 2.40. The first-order valence-electron chi connectivity index (χ1n) is 6.55. The Bertz CT molecular complexity index is 336. The Balaban J connectivity index is 2.09. The van der Waals surface area contributed by atoms with Crippen molar-refractivity contribution in [3.8, 4) is 0 Å². The van der Waals surface area contributed by atoms with E-state index in [4.69, 9.17) is 0 Å². The van der Waals surface area contributed by atoms with Crippen LogP contribution in [0.1, 0.15) is 38.3 Å².